The van der Waals surface area contributed by atoms with Crippen LogP contribution in [0.2, 0.25) is 0 Å². The summed E-state index contributed by atoms with van der Waals surface area (Å²) in [5, 5.41) is 70.1. The fraction of sp³-hybridized carbons (Fsp3) is 0.478. The van der Waals surface area contributed by atoms with Crippen LogP contribution in [-0.4, -0.2) is 93.9 Å². The summed E-state index contributed by atoms with van der Waals surface area (Å²) in [6.45, 7) is -1.00. The van der Waals surface area contributed by atoms with Crippen LogP contribution in [0.4, 0.5) is 0 Å². The molecule has 0 radical (unpaired) electrons. The fourth-order valence-corrected chi connectivity index (χ4v) is 3.80. The topological polar surface area (TPSA) is 179 Å². The molecule has 11 nitrogen and oxygen atoms in total. The minimum Gasteiger partial charge on any atom is -0.504 e. The Morgan fingerprint density at radius 2 is 1.50 bits per heavy atom. The number of methoxy groups -OCH3 is 2. The maximum atomic E-state index is 11.0. The molecule has 2 unspecified atom stereocenters. The monoisotopic (exact) mass is 482 g/mol. The minimum atomic E-state index is -1.60. The van der Waals surface area contributed by atoms with E-state index in [1.807, 2.05) is 0 Å². The summed E-state index contributed by atoms with van der Waals surface area (Å²) in [5.41, 5.74) is 0.911. The van der Waals surface area contributed by atoms with Crippen molar-refractivity contribution >= 4 is 0 Å². The van der Waals surface area contributed by atoms with E-state index in [2.05, 4.69) is 0 Å². The van der Waals surface area contributed by atoms with Gasteiger partial charge in [-0.2, -0.15) is 0 Å². The van der Waals surface area contributed by atoms with Gasteiger partial charge in [-0.15, -0.1) is 0 Å². The molecular formula is C23H30O11. The van der Waals surface area contributed by atoms with Crippen molar-refractivity contribution in [2.24, 2.45) is 0 Å². The van der Waals surface area contributed by atoms with E-state index in [-0.39, 0.29) is 23.0 Å². The molecular weight excluding hydrogens is 452 g/mol. The number of aliphatic hydroxyl groups is 6. The predicted octanol–water partition coefficient (Wildman–Crippen LogP) is -0.602. The molecule has 34 heavy (non-hydrogen) atoms. The van der Waals surface area contributed by atoms with Crippen LogP contribution in [0.25, 0.3) is 0 Å². The van der Waals surface area contributed by atoms with Crippen molar-refractivity contribution < 1.29 is 54.7 Å². The van der Waals surface area contributed by atoms with Gasteiger partial charge in [0, 0.05) is 5.92 Å². The van der Waals surface area contributed by atoms with Crippen LogP contribution >= 0.6 is 0 Å². The summed E-state index contributed by atoms with van der Waals surface area (Å²) in [7, 11) is 2.75. The predicted molar refractivity (Wildman–Crippen MR) is 117 cm³/mol. The Kier molecular flexibility index (Phi) is 8.55. The van der Waals surface area contributed by atoms with E-state index in [9.17, 15) is 35.7 Å². The highest BCUT2D eigenvalue weighted by Crippen LogP contribution is 2.39. The van der Waals surface area contributed by atoms with E-state index in [1.54, 1.807) is 6.07 Å². The van der Waals surface area contributed by atoms with E-state index < -0.39 is 55.9 Å². The van der Waals surface area contributed by atoms with Crippen LogP contribution in [0.15, 0.2) is 36.4 Å². The van der Waals surface area contributed by atoms with Crippen LogP contribution in [-0.2, 0) is 4.74 Å². The van der Waals surface area contributed by atoms with Crippen molar-refractivity contribution in [1.29, 1.82) is 0 Å². The zero-order chi connectivity index (χ0) is 25.0. The number of aliphatic hydroxyl groups excluding tert-OH is 6. The van der Waals surface area contributed by atoms with Gasteiger partial charge in [0.05, 0.1) is 33.5 Å². The SMILES string of the molecule is COc1cc(C(CO)C(O)c2ccc(O[C@@H]3O[C@H](CO)[C@@H](O)[C@H](O)[C@H]3O)c(OC)c2)ccc1O. The van der Waals surface area contributed by atoms with Gasteiger partial charge in [-0.3, -0.25) is 0 Å². The van der Waals surface area contributed by atoms with Crippen molar-refractivity contribution in [3.63, 3.8) is 0 Å². The molecule has 0 amide bonds. The lowest BCUT2D eigenvalue weighted by Gasteiger charge is -2.39. The smallest absolute Gasteiger partial charge is 0.229 e. The van der Waals surface area contributed by atoms with Gasteiger partial charge in [-0.05, 0) is 35.4 Å². The zero-order valence-corrected chi connectivity index (χ0v) is 18.7. The molecule has 3 rings (SSSR count). The van der Waals surface area contributed by atoms with Gasteiger partial charge in [-0.1, -0.05) is 12.1 Å². The fourth-order valence-electron chi connectivity index (χ4n) is 3.80. The quantitative estimate of drug-likeness (QED) is 0.243. The number of ether oxygens (including phenoxy) is 4. The molecule has 1 heterocycles. The van der Waals surface area contributed by atoms with E-state index in [1.165, 1.54) is 44.6 Å². The van der Waals surface area contributed by atoms with Gasteiger partial charge in [-0.25, -0.2) is 0 Å². The Balaban J connectivity index is 1.84. The number of hydrogen-bond acceptors (Lipinski definition) is 11. The molecule has 1 aliphatic heterocycles. The van der Waals surface area contributed by atoms with Crippen molar-refractivity contribution in [2.75, 3.05) is 27.4 Å². The summed E-state index contributed by atoms with van der Waals surface area (Å²) in [5.74, 6) is -0.364. The Labute approximate surface area is 196 Å². The Morgan fingerprint density at radius 1 is 0.853 bits per heavy atom. The molecule has 0 bridgehead atoms. The van der Waals surface area contributed by atoms with Crippen LogP contribution in [0.3, 0.4) is 0 Å². The summed E-state index contributed by atoms with van der Waals surface area (Å²) in [6.07, 6.45) is -8.44. The highest BCUT2D eigenvalue weighted by atomic mass is 16.7. The average molecular weight is 482 g/mol. The number of rotatable bonds is 9. The third kappa shape index (κ3) is 5.20. The lowest BCUT2D eigenvalue weighted by atomic mass is 9.89. The lowest BCUT2D eigenvalue weighted by Crippen LogP contribution is -2.60. The molecule has 11 heteroatoms. The summed E-state index contributed by atoms with van der Waals surface area (Å²) < 4.78 is 21.4. The van der Waals surface area contributed by atoms with Crippen LogP contribution < -0.4 is 14.2 Å². The standard InChI is InChI=1S/C23H30O11/c1-31-16-7-11(3-5-14(16)26)13(9-24)19(27)12-4-6-15(17(8-12)32-2)33-23-22(30)21(29)20(28)18(10-25)34-23/h3-8,13,18-30H,9-10H2,1-2H3/t13?,18-,19?,20-,21+,22-,23-/m1/s1. The molecule has 2 aromatic rings. The second kappa shape index (κ2) is 11.2. The first-order chi connectivity index (χ1) is 16.2. The summed E-state index contributed by atoms with van der Waals surface area (Å²) in [6, 6.07) is 8.94. The second-order valence-corrected chi connectivity index (χ2v) is 7.89. The first-order valence-electron chi connectivity index (χ1n) is 10.6. The van der Waals surface area contributed by atoms with Crippen LogP contribution in [0.5, 0.6) is 23.0 Å². The van der Waals surface area contributed by atoms with Gasteiger partial charge in [0.15, 0.2) is 23.0 Å². The molecule has 2 aromatic carbocycles. The second-order valence-electron chi connectivity index (χ2n) is 7.89. The highest BCUT2D eigenvalue weighted by molar-refractivity contribution is 5.46. The van der Waals surface area contributed by atoms with Gasteiger partial charge in [0.2, 0.25) is 6.29 Å². The Morgan fingerprint density at radius 3 is 2.12 bits per heavy atom. The Hall–Kier alpha value is -2.64. The van der Waals surface area contributed by atoms with Gasteiger partial charge >= 0.3 is 0 Å². The van der Waals surface area contributed by atoms with Gasteiger partial charge in [0.25, 0.3) is 0 Å². The first kappa shape index (κ1) is 26.0. The number of phenolic OH excluding ortho intramolecular Hbond substituents is 1. The van der Waals surface area contributed by atoms with E-state index >= 15 is 0 Å². The molecule has 1 saturated heterocycles. The van der Waals surface area contributed by atoms with Crippen molar-refractivity contribution in [3.05, 3.63) is 47.5 Å². The molecule has 0 aromatic heterocycles. The normalized spacial score (nSPS) is 26.5. The molecule has 0 aliphatic carbocycles. The molecule has 0 spiro atoms. The molecule has 188 valence electrons. The largest absolute Gasteiger partial charge is 0.504 e. The van der Waals surface area contributed by atoms with Gasteiger partial charge in [0.1, 0.15) is 24.4 Å². The van der Waals surface area contributed by atoms with E-state index in [0.717, 1.165) is 0 Å². The van der Waals surface area contributed by atoms with E-state index in [4.69, 9.17) is 18.9 Å². The van der Waals surface area contributed by atoms with Crippen LogP contribution in [0, 0.1) is 0 Å². The maximum absolute atomic E-state index is 11.0. The Bertz CT molecular complexity index is 951. The third-order valence-electron chi connectivity index (χ3n) is 5.83. The molecule has 1 aliphatic rings. The maximum Gasteiger partial charge on any atom is 0.229 e. The van der Waals surface area contributed by atoms with Crippen molar-refractivity contribution in [2.45, 2.75) is 42.7 Å². The molecule has 7 atom stereocenters. The molecule has 1 fully saturated rings. The number of hydrogen-bond donors (Lipinski definition) is 7. The average Bonchev–Trinajstić information content (AvgIpc) is 2.85. The van der Waals surface area contributed by atoms with Crippen molar-refractivity contribution in [1.82, 2.24) is 0 Å². The van der Waals surface area contributed by atoms with Gasteiger partial charge < -0.3 is 54.7 Å². The lowest BCUT2D eigenvalue weighted by molar-refractivity contribution is -0.277. The first-order valence-corrected chi connectivity index (χ1v) is 10.6. The highest BCUT2D eigenvalue weighted by Gasteiger charge is 2.45. The summed E-state index contributed by atoms with van der Waals surface area (Å²) in [4.78, 5) is 0. The van der Waals surface area contributed by atoms with Crippen molar-refractivity contribution in [3.8, 4) is 23.0 Å². The zero-order valence-electron chi connectivity index (χ0n) is 18.7. The molecule has 0 saturated carbocycles. The minimum absolute atomic E-state index is 0.0752. The number of benzene rings is 2. The van der Waals surface area contributed by atoms with Crippen LogP contribution in [0.1, 0.15) is 23.1 Å². The summed E-state index contributed by atoms with van der Waals surface area (Å²) >= 11 is 0. The van der Waals surface area contributed by atoms with E-state index in [0.29, 0.717) is 11.1 Å². The molecule has 7 N–H and O–H groups in total. The number of aromatic hydroxyl groups is 1. The third-order valence-corrected chi connectivity index (χ3v) is 5.83. The number of phenols is 1.